The quantitative estimate of drug-likeness (QED) is 0.733. The molecule has 4 N–H and O–H groups in total. The molecule has 1 heterocycles. The molecule has 0 aliphatic heterocycles. The summed E-state index contributed by atoms with van der Waals surface area (Å²) in [6.07, 6.45) is 2.91. The molecule has 0 spiro atoms. The van der Waals surface area contributed by atoms with Crippen LogP contribution in [0.1, 0.15) is 18.4 Å². The molecular weight excluding hydrogens is 216 g/mol. The average Bonchev–Trinajstić information content (AvgIpc) is 2.70. The molecule has 2 aromatic rings. The second kappa shape index (κ2) is 3.34. The number of benzene rings is 1. The fourth-order valence-electron chi connectivity index (χ4n) is 2.72. The van der Waals surface area contributed by atoms with Crippen molar-refractivity contribution in [1.29, 1.82) is 0 Å². The molecule has 4 heteroatoms. The molecule has 1 aromatic heterocycles. The van der Waals surface area contributed by atoms with Gasteiger partial charge in [-0.25, -0.2) is 0 Å². The molecule has 4 nitrogen and oxygen atoms in total. The number of fused-ring (bicyclic) bond motifs is 1. The zero-order valence-electron chi connectivity index (χ0n) is 9.31. The third-order valence-corrected chi connectivity index (χ3v) is 3.74. The van der Waals surface area contributed by atoms with Gasteiger partial charge in [-0.2, -0.15) is 0 Å². The lowest BCUT2D eigenvalue weighted by molar-refractivity contribution is -0.148. The number of H-pyrrole nitrogens is 1. The van der Waals surface area contributed by atoms with Crippen LogP contribution in [-0.2, 0) is 10.2 Å². The molecule has 0 radical (unpaired) electrons. The SMILES string of the molecule is NC1CC(C(=O)O)(c2ccc3[nH]ccc3c2)C1. The minimum absolute atomic E-state index is 0.00743. The number of carbonyl (C=O) groups is 1. The summed E-state index contributed by atoms with van der Waals surface area (Å²) in [7, 11) is 0. The van der Waals surface area contributed by atoms with Crippen LogP contribution < -0.4 is 5.73 Å². The van der Waals surface area contributed by atoms with Crippen molar-refractivity contribution >= 4 is 16.9 Å². The van der Waals surface area contributed by atoms with E-state index in [0.717, 1.165) is 16.5 Å². The van der Waals surface area contributed by atoms with Crippen molar-refractivity contribution in [2.24, 2.45) is 5.73 Å². The van der Waals surface area contributed by atoms with Crippen LogP contribution in [0.4, 0.5) is 0 Å². The molecule has 0 unspecified atom stereocenters. The number of aliphatic carboxylic acids is 1. The minimum Gasteiger partial charge on any atom is -0.481 e. The van der Waals surface area contributed by atoms with Crippen molar-refractivity contribution in [3.05, 3.63) is 36.0 Å². The van der Waals surface area contributed by atoms with Crippen LogP contribution >= 0.6 is 0 Å². The summed E-state index contributed by atoms with van der Waals surface area (Å²) < 4.78 is 0. The zero-order valence-corrected chi connectivity index (χ0v) is 9.31. The van der Waals surface area contributed by atoms with Crippen molar-refractivity contribution in [2.45, 2.75) is 24.3 Å². The molecule has 1 saturated carbocycles. The van der Waals surface area contributed by atoms with Crippen LogP contribution in [0.25, 0.3) is 10.9 Å². The Morgan fingerprint density at radius 3 is 2.82 bits per heavy atom. The Hall–Kier alpha value is -1.81. The summed E-state index contributed by atoms with van der Waals surface area (Å²) in [5.74, 6) is -0.769. The van der Waals surface area contributed by atoms with Crippen molar-refractivity contribution < 1.29 is 9.90 Å². The highest BCUT2D eigenvalue weighted by Crippen LogP contribution is 2.43. The van der Waals surface area contributed by atoms with Gasteiger partial charge >= 0.3 is 5.97 Å². The van der Waals surface area contributed by atoms with Gasteiger partial charge in [0.1, 0.15) is 0 Å². The van der Waals surface area contributed by atoms with E-state index in [9.17, 15) is 9.90 Å². The number of aromatic nitrogens is 1. The normalized spacial score (nSPS) is 27.9. The van der Waals surface area contributed by atoms with Gasteiger partial charge in [-0.3, -0.25) is 4.79 Å². The molecule has 0 bridgehead atoms. The predicted octanol–water partition coefficient (Wildman–Crippen LogP) is 1.61. The molecule has 1 aromatic carbocycles. The second-order valence-electron chi connectivity index (χ2n) is 4.84. The molecule has 88 valence electrons. The van der Waals surface area contributed by atoms with Crippen LogP contribution in [0.3, 0.4) is 0 Å². The summed E-state index contributed by atoms with van der Waals surface area (Å²) in [6.45, 7) is 0. The smallest absolute Gasteiger partial charge is 0.314 e. The molecule has 1 fully saturated rings. The van der Waals surface area contributed by atoms with Gasteiger partial charge in [0.05, 0.1) is 5.41 Å². The number of carboxylic acid groups (broad SMARTS) is 1. The van der Waals surface area contributed by atoms with E-state index in [-0.39, 0.29) is 6.04 Å². The maximum absolute atomic E-state index is 11.5. The summed E-state index contributed by atoms with van der Waals surface area (Å²) in [5.41, 5.74) is 6.87. The molecule has 3 rings (SSSR count). The summed E-state index contributed by atoms with van der Waals surface area (Å²) in [4.78, 5) is 14.6. The Balaban J connectivity index is 2.09. The van der Waals surface area contributed by atoms with Crippen molar-refractivity contribution in [3.8, 4) is 0 Å². The monoisotopic (exact) mass is 230 g/mol. The van der Waals surface area contributed by atoms with Gasteiger partial charge in [0, 0.05) is 17.8 Å². The van der Waals surface area contributed by atoms with E-state index in [1.807, 2.05) is 30.5 Å². The first-order valence-electron chi connectivity index (χ1n) is 5.68. The number of nitrogens with one attached hydrogen (secondary N) is 1. The largest absolute Gasteiger partial charge is 0.481 e. The Kier molecular flexibility index (Phi) is 2.03. The van der Waals surface area contributed by atoms with E-state index < -0.39 is 11.4 Å². The Morgan fingerprint density at radius 2 is 2.18 bits per heavy atom. The predicted molar refractivity (Wildman–Crippen MR) is 64.8 cm³/mol. The Bertz CT molecular complexity index is 582. The first-order chi connectivity index (χ1) is 8.12. The molecule has 17 heavy (non-hydrogen) atoms. The maximum atomic E-state index is 11.5. The van der Waals surface area contributed by atoms with Crippen LogP contribution in [0.15, 0.2) is 30.5 Å². The third kappa shape index (κ3) is 1.37. The number of aromatic amines is 1. The molecular formula is C13H14N2O2. The lowest BCUT2D eigenvalue weighted by Crippen LogP contribution is -2.54. The topological polar surface area (TPSA) is 79.1 Å². The number of hydrogen-bond donors (Lipinski definition) is 3. The molecule has 0 amide bonds. The van der Waals surface area contributed by atoms with Crippen LogP contribution in [-0.4, -0.2) is 22.1 Å². The lowest BCUT2D eigenvalue weighted by Gasteiger charge is -2.43. The van der Waals surface area contributed by atoms with Gasteiger partial charge in [-0.05, 0) is 42.0 Å². The van der Waals surface area contributed by atoms with E-state index in [0.29, 0.717) is 12.8 Å². The Morgan fingerprint density at radius 1 is 1.41 bits per heavy atom. The highest BCUT2D eigenvalue weighted by molar-refractivity contribution is 5.87. The van der Waals surface area contributed by atoms with Gasteiger partial charge in [-0.15, -0.1) is 0 Å². The van der Waals surface area contributed by atoms with Gasteiger partial charge in [0.25, 0.3) is 0 Å². The van der Waals surface area contributed by atoms with Gasteiger partial charge < -0.3 is 15.8 Å². The summed E-state index contributed by atoms with van der Waals surface area (Å²) >= 11 is 0. The van der Waals surface area contributed by atoms with Gasteiger partial charge in [-0.1, -0.05) is 6.07 Å². The standard InChI is InChI=1S/C13H14N2O2/c14-10-6-13(7-10,12(16)17)9-1-2-11-8(5-9)3-4-15-11/h1-5,10,15H,6-7,14H2,(H,16,17). The number of hydrogen-bond acceptors (Lipinski definition) is 2. The molecule has 0 atom stereocenters. The highest BCUT2D eigenvalue weighted by Gasteiger charge is 2.50. The van der Waals surface area contributed by atoms with Crippen LogP contribution in [0.2, 0.25) is 0 Å². The Labute approximate surface area is 98.4 Å². The first kappa shape index (κ1) is 10.4. The number of nitrogens with two attached hydrogens (primary N) is 1. The van der Waals surface area contributed by atoms with Gasteiger partial charge in [0.2, 0.25) is 0 Å². The van der Waals surface area contributed by atoms with Crippen LogP contribution in [0.5, 0.6) is 0 Å². The zero-order chi connectivity index (χ0) is 12.0. The lowest BCUT2D eigenvalue weighted by atomic mass is 9.62. The van der Waals surface area contributed by atoms with Crippen molar-refractivity contribution in [3.63, 3.8) is 0 Å². The fraction of sp³-hybridized carbons (Fsp3) is 0.308. The van der Waals surface area contributed by atoms with Crippen molar-refractivity contribution in [1.82, 2.24) is 4.98 Å². The van der Waals surface area contributed by atoms with E-state index >= 15 is 0 Å². The second-order valence-corrected chi connectivity index (χ2v) is 4.84. The highest BCUT2D eigenvalue weighted by atomic mass is 16.4. The molecule has 1 aliphatic carbocycles. The summed E-state index contributed by atoms with van der Waals surface area (Å²) in [5, 5.41) is 10.5. The summed E-state index contributed by atoms with van der Waals surface area (Å²) in [6, 6.07) is 7.73. The maximum Gasteiger partial charge on any atom is 0.314 e. The number of rotatable bonds is 2. The third-order valence-electron chi connectivity index (χ3n) is 3.74. The van der Waals surface area contributed by atoms with E-state index in [1.54, 1.807) is 0 Å². The van der Waals surface area contributed by atoms with Crippen LogP contribution in [0, 0.1) is 0 Å². The van der Waals surface area contributed by atoms with Gasteiger partial charge in [0.15, 0.2) is 0 Å². The first-order valence-corrected chi connectivity index (χ1v) is 5.68. The van der Waals surface area contributed by atoms with Crippen molar-refractivity contribution in [2.75, 3.05) is 0 Å². The number of carboxylic acids is 1. The molecule has 0 saturated heterocycles. The molecule has 1 aliphatic rings. The minimum atomic E-state index is -0.773. The van der Waals surface area contributed by atoms with E-state index in [4.69, 9.17) is 5.73 Å². The average molecular weight is 230 g/mol. The fourth-order valence-corrected chi connectivity index (χ4v) is 2.72. The van der Waals surface area contributed by atoms with E-state index in [2.05, 4.69) is 4.98 Å². The van der Waals surface area contributed by atoms with E-state index in [1.165, 1.54) is 0 Å².